The minimum atomic E-state index is -0.671. The zero-order valence-corrected chi connectivity index (χ0v) is 20.8. The number of halogens is 1. The van der Waals surface area contributed by atoms with Gasteiger partial charge in [-0.05, 0) is 30.3 Å². The average Bonchev–Trinajstić information content (AvgIpc) is 3.42. The molecule has 3 heterocycles. The van der Waals surface area contributed by atoms with E-state index in [-0.39, 0.29) is 5.76 Å². The van der Waals surface area contributed by atoms with E-state index in [9.17, 15) is 14.9 Å². The Balaban J connectivity index is 1.41. The summed E-state index contributed by atoms with van der Waals surface area (Å²) in [6, 6.07) is 11.7. The van der Waals surface area contributed by atoms with Gasteiger partial charge in [0.25, 0.3) is 5.91 Å². The van der Waals surface area contributed by atoms with Gasteiger partial charge in [-0.1, -0.05) is 17.7 Å². The average molecular weight is 524 g/mol. The summed E-state index contributed by atoms with van der Waals surface area (Å²) in [5.41, 5.74) is 2.14. The number of amides is 1. The number of methoxy groups -OCH3 is 2. The summed E-state index contributed by atoms with van der Waals surface area (Å²) in [4.78, 5) is 35.5. The summed E-state index contributed by atoms with van der Waals surface area (Å²) in [5, 5.41) is 12.1. The van der Waals surface area contributed by atoms with Crippen LogP contribution in [0.1, 0.15) is 10.6 Å². The Morgan fingerprint density at radius 1 is 1.05 bits per heavy atom. The minimum absolute atomic E-state index is 0.0567. The molecule has 12 heteroatoms. The number of anilines is 1. The van der Waals surface area contributed by atoms with Crippen LogP contribution in [0.25, 0.3) is 22.0 Å². The summed E-state index contributed by atoms with van der Waals surface area (Å²) >= 11 is 6.77. The number of hydrogen-bond donors (Lipinski definition) is 0. The highest BCUT2D eigenvalue weighted by Crippen LogP contribution is 2.43. The molecule has 0 spiro atoms. The van der Waals surface area contributed by atoms with E-state index in [0.717, 1.165) is 16.5 Å². The maximum Gasteiger partial charge on any atom is 0.433 e. The minimum Gasteiger partial charge on any atom is -0.496 e. The first-order chi connectivity index (χ1) is 17.9. The number of fused-ring (bicyclic) bond motifs is 1. The van der Waals surface area contributed by atoms with Crippen molar-refractivity contribution in [2.24, 2.45) is 0 Å². The van der Waals surface area contributed by atoms with Crippen molar-refractivity contribution in [2.75, 3.05) is 45.3 Å². The lowest BCUT2D eigenvalue weighted by Gasteiger charge is -2.35. The fourth-order valence-electron chi connectivity index (χ4n) is 4.44. The normalized spacial score (nSPS) is 13.6. The van der Waals surface area contributed by atoms with Gasteiger partial charge in [0, 0.05) is 42.2 Å². The van der Waals surface area contributed by atoms with E-state index >= 15 is 0 Å². The van der Waals surface area contributed by atoms with Crippen molar-refractivity contribution in [3.8, 4) is 22.6 Å². The van der Waals surface area contributed by atoms with Gasteiger partial charge in [0.05, 0.1) is 31.4 Å². The number of aromatic nitrogens is 2. The van der Waals surface area contributed by atoms with Gasteiger partial charge in [0.1, 0.15) is 28.6 Å². The number of hydrogen-bond acceptors (Lipinski definition) is 9. The summed E-state index contributed by atoms with van der Waals surface area (Å²) in [6.45, 7) is 1.78. The van der Waals surface area contributed by atoms with E-state index in [1.54, 1.807) is 19.1 Å². The summed E-state index contributed by atoms with van der Waals surface area (Å²) in [7, 11) is 3.18. The molecular formula is C25H22ClN5O6. The number of ether oxygens (including phenoxy) is 2. The SMILES string of the molecule is COc1cccc(OC)c1-c1cc2ncnc(N3CCN(C(=O)c4ccc([N+](=O)[O-])o4)CC3)c2cc1Cl. The van der Waals surface area contributed by atoms with Gasteiger partial charge in [0.2, 0.25) is 0 Å². The molecule has 0 saturated carbocycles. The number of carbonyl (C=O) groups excluding carboxylic acids is 1. The second kappa shape index (κ2) is 9.94. The van der Waals surface area contributed by atoms with Crippen LogP contribution in [0.2, 0.25) is 5.02 Å². The third-order valence-corrected chi connectivity index (χ3v) is 6.56. The lowest BCUT2D eigenvalue weighted by atomic mass is 10.0. The van der Waals surface area contributed by atoms with Crippen LogP contribution in [0, 0.1) is 10.1 Å². The molecule has 0 N–H and O–H groups in total. The number of furan rings is 1. The first-order valence-corrected chi connectivity index (χ1v) is 11.7. The molecule has 4 aromatic rings. The zero-order chi connectivity index (χ0) is 26.1. The molecule has 0 aliphatic carbocycles. The number of rotatable bonds is 6. The van der Waals surface area contributed by atoms with Crippen LogP contribution in [-0.4, -0.2) is 66.1 Å². The molecule has 1 aliphatic rings. The van der Waals surface area contributed by atoms with Crippen LogP contribution in [0.3, 0.4) is 0 Å². The Labute approximate surface area is 216 Å². The van der Waals surface area contributed by atoms with Crippen molar-refractivity contribution in [1.82, 2.24) is 14.9 Å². The predicted molar refractivity (Wildman–Crippen MR) is 137 cm³/mol. The molecule has 1 amide bonds. The smallest absolute Gasteiger partial charge is 0.433 e. The van der Waals surface area contributed by atoms with Crippen molar-refractivity contribution in [2.45, 2.75) is 0 Å². The molecule has 2 aromatic heterocycles. The number of benzene rings is 2. The van der Waals surface area contributed by atoms with E-state index in [0.29, 0.717) is 54.0 Å². The molecule has 11 nitrogen and oxygen atoms in total. The van der Waals surface area contributed by atoms with Crippen molar-refractivity contribution in [1.29, 1.82) is 0 Å². The molecule has 190 valence electrons. The lowest BCUT2D eigenvalue weighted by molar-refractivity contribution is -0.402. The van der Waals surface area contributed by atoms with Gasteiger partial charge in [0.15, 0.2) is 5.76 Å². The molecule has 0 bridgehead atoms. The van der Waals surface area contributed by atoms with Crippen molar-refractivity contribution < 1.29 is 23.6 Å². The highest BCUT2D eigenvalue weighted by molar-refractivity contribution is 6.34. The summed E-state index contributed by atoms with van der Waals surface area (Å²) in [5.74, 6) is 1.04. The topological polar surface area (TPSA) is 124 Å². The molecule has 5 rings (SSSR count). The molecule has 1 saturated heterocycles. The van der Waals surface area contributed by atoms with E-state index < -0.39 is 16.7 Å². The number of carbonyl (C=O) groups is 1. The molecule has 37 heavy (non-hydrogen) atoms. The molecule has 0 radical (unpaired) electrons. The third kappa shape index (κ3) is 4.49. The van der Waals surface area contributed by atoms with Crippen LogP contribution in [0.15, 0.2) is 53.2 Å². The van der Waals surface area contributed by atoms with Crippen LogP contribution >= 0.6 is 11.6 Å². The van der Waals surface area contributed by atoms with Gasteiger partial charge in [-0.2, -0.15) is 0 Å². The van der Waals surface area contributed by atoms with Gasteiger partial charge in [-0.25, -0.2) is 9.97 Å². The third-order valence-electron chi connectivity index (χ3n) is 6.25. The van der Waals surface area contributed by atoms with Crippen LogP contribution < -0.4 is 14.4 Å². The Bertz CT molecular complexity index is 1480. The second-order valence-electron chi connectivity index (χ2n) is 8.26. The Morgan fingerprint density at radius 2 is 1.76 bits per heavy atom. The van der Waals surface area contributed by atoms with E-state index in [1.807, 2.05) is 30.3 Å². The maximum absolute atomic E-state index is 12.7. The van der Waals surface area contributed by atoms with Crippen molar-refractivity contribution >= 4 is 40.1 Å². The monoisotopic (exact) mass is 523 g/mol. The summed E-state index contributed by atoms with van der Waals surface area (Å²) in [6.07, 6.45) is 1.49. The molecular weight excluding hydrogens is 502 g/mol. The van der Waals surface area contributed by atoms with Gasteiger partial charge < -0.3 is 23.7 Å². The number of piperazine rings is 1. The largest absolute Gasteiger partial charge is 0.496 e. The number of nitro groups is 1. The first kappa shape index (κ1) is 24.3. The fraction of sp³-hybridized carbons (Fsp3) is 0.240. The standard InChI is InChI=1S/C25H22ClN5O6/c1-35-19-4-3-5-20(36-2)23(19)15-13-18-16(12-17(15)26)24(28-14-27-18)29-8-10-30(11-9-29)25(32)21-6-7-22(37-21)31(33)34/h3-7,12-14H,8-11H2,1-2H3. The van der Waals surface area contributed by atoms with Gasteiger partial charge in [-0.15, -0.1) is 0 Å². The Morgan fingerprint density at radius 3 is 2.38 bits per heavy atom. The van der Waals surface area contributed by atoms with Crippen molar-refractivity contribution in [3.05, 3.63) is 69.7 Å². The van der Waals surface area contributed by atoms with E-state index in [1.165, 1.54) is 18.5 Å². The first-order valence-electron chi connectivity index (χ1n) is 11.3. The van der Waals surface area contributed by atoms with Crippen LogP contribution in [0.4, 0.5) is 11.7 Å². The molecule has 1 aliphatic heterocycles. The maximum atomic E-state index is 12.7. The molecule has 0 atom stereocenters. The van der Waals surface area contributed by atoms with Gasteiger partial charge >= 0.3 is 5.88 Å². The molecule has 0 unspecified atom stereocenters. The predicted octanol–water partition coefficient (Wildman–Crippen LogP) is 4.43. The van der Waals surface area contributed by atoms with E-state index in [4.69, 9.17) is 25.5 Å². The Hall–Kier alpha value is -4.38. The van der Waals surface area contributed by atoms with Crippen LogP contribution in [-0.2, 0) is 0 Å². The molecule has 1 fully saturated rings. The van der Waals surface area contributed by atoms with Crippen LogP contribution in [0.5, 0.6) is 11.5 Å². The van der Waals surface area contributed by atoms with E-state index in [2.05, 4.69) is 14.9 Å². The lowest BCUT2D eigenvalue weighted by Crippen LogP contribution is -2.49. The fourth-order valence-corrected chi connectivity index (χ4v) is 4.70. The van der Waals surface area contributed by atoms with Crippen molar-refractivity contribution in [3.63, 3.8) is 0 Å². The quantitative estimate of drug-likeness (QED) is 0.266. The Kier molecular flexibility index (Phi) is 6.53. The zero-order valence-electron chi connectivity index (χ0n) is 20.0. The van der Waals surface area contributed by atoms with Gasteiger partial charge in [-0.3, -0.25) is 14.9 Å². The molecule has 2 aromatic carbocycles. The highest BCUT2D eigenvalue weighted by atomic mass is 35.5. The number of nitrogens with zero attached hydrogens (tertiary/aromatic N) is 5. The second-order valence-corrected chi connectivity index (χ2v) is 8.67. The highest BCUT2D eigenvalue weighted by Gasteiger charge is 2.27. The summed E-state index contributed by atoms with van der Waals surface area (Å²) < 4.78 is 16.2.